The largest absolute Gasteiger partial charge is 0.389 e. The van der Waals surface area contributed by atoms with Crippen molar-refractivity contribution in [3.05, 3.63) is 33.9 Å². The van der Waals surface area contributed by atoms with Gasteiger partial charge in [-0.3, -0.25) is 14.9 Å². The highest BCUT2D eigenvalue weighted by Crippen LogP contribution is 2.29. The number of nitro groups is 1. The summed E-state index contributed by atoms with van der Waals surface area (Å²) >= 11 is 0. The number of hydrogen-bond donors (Lipinski definition) is 3. The summed E-state index contributed by atoms with van der Waals surface area (Å²) in [5, 5.41) is 23.6. The molecule has 1 atom stereocenters. The van der Waals surface area contributed by atoms with Crippen molar-refractivity contribution >= 4 is 17.3 Å². The number of nitrogens with zero attached hydrogens (tertiary/aromatic N) is 1. The van der Waals surface area contributed by atoms with Gasteiger partial charge < -0.3 is 20.9 Å². The fourth-order valence-electron chi connectivity index (χ4n) is 1.93. The minimum Gasteiger partial charge on any atom is -0.389 e. The van der Waals surface area contributed by atoms with E-state index in [-0.39, 0.29) is 30.1 Å². The van der Waals surface area contributed by atoms with Gasteiger partial charge in [0, 0.05) is 24.8 Å². The van der Waals surface area contributed by atoms with Gasteiger partial charge in [-0.05, 0) is 30.9 Å². The van der Waals surface area contributed by atoms with Crippen LogP contribution in [0.25, 0.3) is 0 Å². The van der Waals surface area contributed by atoms with E-state index in [4.69, 9.17) is 10.5 Å². The van der Waals surface area contributed by atoms with Crippen molar-refractivity contribution in [3.8, 4) is 0 Å². The number of carbonyl (C=O) groups excluding carboxylic acids is 1. The number of nitrogens with two attached hydrogens (primary N) is 1. The van der Waals surface area contributed by atoms with Gasteiger partial charge in [0.1, 0.15) is 5.69 Å². The number of benzene rings is 1. The third-order valence-corrected chi connectivity index (χ3v) is 3.37. The number of nitrogens with one attached hydrogen (secondary N) is 1. The van der Waals surface area contributed by atoms with E-state index in [1.807, 2.05) is 0 Å². The van der Waals surface area contributed by atoms with Gasteiger partial charge in [0.05, 0.1) is 17.6 Å². The van der Waals surface area contributed by atoms with E-state index in [0.29, 0.717) is 12.5 Å². The Bertz CT molecular complexity index is 559. The van der Waals surface area contributed by atoms with Crippen molar-refractivity contribution in [2.45, 2.75) is 18.9 Å². The molecule has 0 aliphatic heterocycles. The molecule has 1 aromatic rings. The number of aliphatic hydroxyl groups excluding tert-OH is 1. The average molecular weight is 309 g/mol. The highest BCUT2D eigenvalue weighted by atomic mass is 16.6. The molecule has 1 fully saturated rings. The summed E-state index contributed by atoms with van der Waals surface area (Å²) in [4.78, 5) is 21.5. The van der Waals surface area contributed by atoms with E-state index in [1.165, 1.54) is 25.0 Å². The van der Waals surface area contributed by atoms with Gasteiger partial charge in [-0.1, -0.05) is 0 Å². The van der Waals surface area contributed by atoms with Crippen molar-refractivity contribution in [2.24, 2.45) is 11.7 Å². The lowest BCUT2D eigenvalue weighted by molar-refractivity contribution is -0.384. The lowest BCUT2D eigenvalue weighted by Gasteiger charge is -2.13. The second kappa shape index (κ2) is 7.19. The Labute approximate surface area is 127 Å². The molecule has 0 aromatic heterocycles. The normalized spacial score (nSPS) is 15.3. The number of aliphatic hydroxyl groups is 1. The summed E-state index contributed by atoms with van der Waals surface area (Å²) in [5.41, 5.74) is 5.12. The smallest absolute Gasteiger partial charge is 0.293 e. The standard InChI is InChI=1S/C14H19N3O5/c15-14(19)10-3-4-12(13(5-10)17(20)21)16-6-11(18)8-22-7-9-1-2-9/h3-5,9,11,16,18H,1-2,6-8H2,(H2,15,19). The number of hydrogen-bond acceptors (Lipinski definition) is 6. The molecule has 1 aromatic carbocycles. The van der Waals surface area contributed by atoms with Crippen LogP contribution in [-0.2, 0) is 4.74 Å². The molecular weight excluding hydrogens is 290 g/mol. The van der Waals surface area contributed by atoms with Crippen LogP contribution in [0.1, 0.15) is 23.2 Å². The zero-order valence-electron chi connectivity index (χ0n) is 12.0. The summed E-state index contributed by atoms with van der Waals surface area (Å²) in [6.45, 7) is 0.933. The fourth-order valence-corrected chi connectivity index (χ4v) is 1.93. The van der Waals surface area contributed by atoms with Crippen LogP contribution in [0.4, 0.5) is 11.4 Å². The van der Waals surface area contributed by atoms with Crippen molar-refractivity contribution < 1.29 is 19.6 Å². The summed E-state index contributed by atoms with van der Waals surface area (Å²) in [5.74, 6) is -0.120. The Kier molecular flexibility index (Phi) is 5.29. The monoisotopic (exact) mass is 309 g/mol. The first-order valence-corrected chi connectivity index (χ1v) is 7.05. The van der Waals surface area contributed by atoms with Crippen LogP contribution in [-0.4, -0.2) is 41.8 Å². The minimum absolute atomic E-state index is 0.0607. The molecule has 1 amide bonds. The molecular formula is C14H19N3O5. The molecule has 0 bridgehead atoms. The second-order valence-electron chi connectivity index (χ2n) is 5.37. The molecule has 1 aliphatic rings. The van der Waals surface area contributed by atoms with Gasteiger partial charge in [0.25, 0.3) is 5.69 Å². The van der Waals surface area contributed by atoms with E-state index < -0.39 is 16.9 Å². The number of nitro benzene ring substituents is 1. The van der Waals surface area contributed by atoms with Gasteiger partial charge in [-0.25, -0.2) is 0 Å². The van der Waals surface area contributed by atoms with E-state index in [9.17, 15) is 20.0 Å². The molecule has 1 unspecified atom stereocenters. The number of carbonyl (C=O) groups is 1. The number of anilines is 1. The molecule has 0 radical (unpaired) electrons. The van der Waals surface area contributed by atoms with Gasteiger partial charge in [-0.15, -0.1) is 0 Å². The number of primary amides is 1. The molecule has 0 heterocycles. The van der Waals surface area contributed by atoms with Crippen LogP contribution >= 0.6 is 0 Å². The molecule has 8 nitrogen and oxygen atoms in total. The molecule has 22 heavy (non-hydrogen) atoms. The average Bonchev–Trinajstić information content (AvgIpc) is 3.28. The predicted molar refractivity (Wildman–Crippen MR) is 79.7 cm³/mol. The maximum absolute atomic E-state index is 11.1. The Morgan fingerprint density at radius 3 is 2.86 bits per heavy atom. The summed E-state index contributed by atoms with van der Waals surface area (Å²) in [7, 11) is 0. The molecule has 120 valence electrons. The highest BCUT2D eigenvalue weighted by Gasteiger charge is 2.22. The van der Waals surface area contributed by atoms with Gasteiger partial charge in [0.2, 0.25) is 5.91 Å². The molecule has 2 rings (SSSR count). The zero-order chi connectivity index (χ0) is 16.1. The van der Waals surface area contributed by atoms with Gasteiger partial charge in [0.15, 0.2) is 0 Å². The first kappa shape index (κ1) is 16.2. The quantitative estimate of drug-likeness (QED) is 0.459. The topological polar surface area (TPSA) is 128 Å². The van der Waals surface area contributed by atoms with E-state index in [1.54, 1.807) is 0 Å². The molecule has 1 aliphatic carbocycles. The van der Waals surface area contributed by atoms with Crippen molar-refractivity contribution in [1.29, 1.82) is 0 Å². The fraction of sp³-hybridized carbons (Fsp3) is 0.500. The van der Waals surface area contributed by atoms with Crippen molar-refractivity contribution in [1.82, 2.24) is 0 Å². The van der Waals surface area contributed by atoms with E-state index in [2.05, 4.69) is 5.32 Å². The molecule has 4 N–H and O–H groups in total. The van der Waals surface area contributed by atoms with Crippen molar-refractivity contribution in [2.75, 3.05) is 25.1 Å². The summed E-state index contributed by atoms with van der Waals surface area (Å²) in [6, 6.07) is 3.91. The third-order valence-electron chi connectivity index (χ3n) is 3.37. The SMILES string of the molecule is NC(=O)c1ccc(NCC(O)COCC2CC2)c([N+](=O)[O-])c1. The molecule has 0 saturated heterocycles. The lowest BCUT2D eigenvalue weighted by atomic mass is 10.1. The van der Waals surface area contributed by atoms with Crippen LogP contribution in [0.5, 0.6) is 0 Å². The van der Waals surface area contributed by atoms with Crippen LogP contribution in [0.2, 0.25) is 0 Å². The highest BCUT2D eigenvalue weighted by molar-refractivity contribution is 5.94. The third kappa shape index (κ3) is 4.68. The van der Waals surface area contributed by atoms with Crippen LogP contribution in [0.3, 0.4) is 0 Å². The maximum Gasteiger partial charge on any atom is 0.293 e. The van der Waals surface area contributed by atoms with Crippen LogP contribution in [0.15, 0.2) is 18.2 Å². The lowest BCUT2D eigenvalue weighted by Crippen LogP contribution is -2.25. The van der Waals surface area contributed by atoms with Gasteiger partial charge in [-0.2, -0.15) is 0 Å². The van der Waals surface area contributed by atoms with Crippen molar-refractivity contribution in [3.63, 3.8) is 0 Å². The second-order valence-corrected chi connectivity index (χ2v) is 5.37. The first-order chi connectivity index (χ1) is 10.5. The Morgan fingerprint density at radius 2 is 2.27 bits per heavy atom. The van der Waals surface area contributed by atoms with E-state index >= 15 is 0 Å². The number of ether oxygens (including phenoxy) is 1. The number of amides is 1. The Balaban J connectivity index is 1.90. The molecule has 8 heteroatoms. The molecule has 1 saturated carbocycles. The Morgan fingerprint density at radius 1 is 1.55 bits per heavy atom. The van der Waals surface area contributed by atoms with Crippen LogP contribution < -0.4 is 11.1 Å². The Hall–Kier alpha value is -2.19. The van der Waals surface area contributed by atoms with Gasteiger partial charge >= 0.3 is 0 Å². The predicted octanol–water partition coefficient (Wildman–Crippen LogP) is 0.893. The summed E-state index contributed by atoms with van der Waals surface area (Å²) in [6.07, 6.45) is 1.58. The zero-order valence-corrected chi connectivity index (χ0v) is 12.0. The van der Waals surface area contributed by atoms with E-state index in [0.717, 1.165) is 6.07 Å². The van der Waals surface area contributed by atoms with Crippen LogP contribution in [0, 0.1) is 16.0 Å². The summed E-state index contributed by atoms with van der Waals surface area (Å²) < 4.78 is 5.35. The number of rotatable bonds is 9. The first-order valence-electron chi connectivity index (χ1n) is 7.05. The minimum atomic E-state index is -0.769. The maximum atomic E-state index is 11.1. The molecule has 0 spiro atoms.